The number of amides is 2. The van der Waals surface area contributed by atoms with Crippen LogP contribution in [0.5, 0.6) is 0 Å². The van der Waals surface area contributed by atoms with Crippen molar-refractivity contribution in [2.75, 3.05) is 0 Å². The standard InChI is InChI=1S/C15H20INO2/c1-4-5-9-8-10(15(2,3)6-7-16)12-11(9)13(18)17-14(12)19/h4-7,9-12H,8H2,1-3H3,(H,17,18,19)/b5-4+,7-6+. The summed E-state index contributed by atoms with van der Waals surface area (Å²) >= 11 is 2.21. The van der Waals surface area contributed by atoms with E-state index in [-0.39, 0.29) is 40.9 Å². The lowest BCUT2D eigenvalue weighted by atomic mass is 9.72. The number of hydrogen-bond donors (Lipinski definition) is 1. The molecule has 0 aromatic heterocycles. The van der Waals surface area contributed by atoms with Gasteiger partial charge in [0.25, 0.3) is 0 Å². The molecule has 4 unspecified atom stereocenters. The maximum Gasteiger partial charge on any atom is 0.231 e. The average molecular weight is 373 g/mol. The topological polar surface area (TPSA) is 46.2 Å². The summed E-state index contributed by atoms with van der Waals surface area (Å²) in [5, 5.41) is 2.51. The first-order valence-corrected chi connectivity index (χ1v) is 7.92. The molecule has 2 fully saturated rings. The number of allylic oxidation sites excluding steroid dienone is 3. The monoisotopic (exact) mass is 373 g/mol. The van der Waals surface area contributed by atoms with Crippen LogP contribution in [0, 0.1) is 29.1 Å². The van der Waals surface area contributed by atoms with Crippen LogP contribution in [0.3, 0.4) is 0 Å². The molecule has 0 spiro atoms. The van der Waals surface area contributed by atoms with Gasteiger partial charge in [0.05, 0.1) is 11.8 Å². The van der Waals surface area contributed by atoms with Gasteiger partial charge in [-0.2, -0.15) is 0 Å². The molecular formula is C15H20INO2. The van der Waals surface area contributed by atoms with Crippen molar-refractivity contribution in [1.29, 1.82) is 0 Å². The Morgan fingerprint density at radius 2 is 1.89 bits per heavy atom. The van der Waals surface area contributed by atoms with E-state index in [1.54, 1.807) is 0 Å². The summed E-state index contributed by atoms with van der Waals surface area (Å²) in [6.07, 6.45) is 7.12. The molecule has 1 aliphatic carbocycles. The van der Waals surface area contributed by atoms with Crippen LogP contribution in [0.25, 0.3) is 0 Å². The maximum atomic E-state index is 12.1. The molecule has 2 rings (SSSR count). The molecule has 1 saturated heterocycles. The fraction of sp³-hybridized carbons (Fsp3) is 0.600. The van der Waals surface area contributed by atoms with Crippen molar-refractivity contribution in [2.45, 2.75) is 27.2 Å². The van der Waals surface area contributed by atoms with E-state index in [9.17, 15) is 9.59 Å². The molecule has 0 radical (unpaired) electrons. The van der Waals surface area contributed by atoms with Crippen LogP contribution in [-0.2, 0) is 9.59 Å². The van der Waals surface area contributed by atoms with Crippen LogP contribution < -0.4 is 5.32 Å². The number of carbonyl (C=O) groups is 2. The van der Waals surface area contributed by atoms with Crippen molar-refractivity contribution < 1.29 is 9.59 Å². The molecule has 19 heavy (non-hydrogen) atoms. The van der Waals surface area contributed by atoms with E-state index in [4.69, 9.17) is 0 Å². The molecule has 1 aliphatic heterocycles. The van der Waals surface area contributed by atoms with Gasteiger partial charge in [-0.3, -0.25) is 14.9 Å². The molecule has 2 amide bonds. The Morgan fingerprint density at radius 1 is 1.26 bits per heavy atom. The van der Waals surface area contributed by atoms with Crippen LogP contribution in [0.2, 0.25) is 0 Å². The van der Waals surface area contributed by atoms with Crippen molar-refractivity contribution in [3.63, 3.8) is 0 Å². The first-order valence-electron chi connectivity index (χ1n) is 6.68. The van der Waals surface area contributed by atoms with Crippen molar-refractivity contribution >= 4 is 34.4 Å². The summed E-state index contributed by atoms with van der Waals surface area (Å²) in [6.45, 7) is 6.27. The minimum Gasteiger partial charge on any atom is -0.296 e. The largest absolute Gasteiger partial charge is 0.296 e. The summed E-state index contributed by atoms with van der Waals surface area (Å²) in [5.41, 5.74) is -0.0671. The van der Waals surface area contributed by atoms with Gasteiger partial charge in [0.1, 0.15) is 0 Å². The molecule has 104 valence electrons. The Hall–Kier alpha value is -0.650. The van der Waals surface area contributed by atoms with Gasteiger partial charge < -0.3 is 0 Å². The predicted molar refractivity (Wildman–Crippen MR) is 83.5 cm³/mol. The van der Waals surface area contributed by atoms with Gasteiger partial charge in [-0.15, -0.1) is 0 Å². The van der Waals surface area contributed by atoms with Gasteiger partial charge in [-0.05, 0) is 34.7 Å². The van der Waals surface area contributed by atoms with Crippen LogP contribution >= 0.6 is 22.6 Å². The lowest BCUT2D eigenvalue weighted by Gasteiger charge is -2.31. The van der Waals surface area contributed by atoms with Crippen molar-refractivity contribution in [3.05, 3.63) is 22.3 Å². The number of fused-ring (bicyclic) bond motifs is 1. The van der Waals surface area contributed by atoms with Gasteiger partial charge in [-0.25, -0.2) is 0 Å². The molecule has 4 atom stereocenters. The molecule has 0 bridgehead atoms. The van der Waals surface area contributed by atoms with Gasteiger partial charge in [-0.1, -0.05) is 54.7 Å². The molecule has 0 aromatic carbocycles. The molecule has 0 aromatic rings. The van der Waals surface area contributed by atoms with E-state index in [2.05, 4.69) is 53.9 Å². The number of carbonyl (C=O) groups excluding carboxylic acids is 2. The van der Waals surface area contributed by atoms with E-state index in [0.717, 1.165) is 6.42 Å². The van der Waals surface area contributed by atoms with E-state index < -0.39 is 0 Å². The lowest BCUT2D eigenvalue weighted by molar-refractivity contribution is -0.127. The van der Waals surface area contributed by atoms with Gasteiger partial charge in [0.2, 0.25) is 11.8 Å². The Bertz CT molecular complexity index is 453. The van der Waals surface area contributed by atoms with Gasteiger partial charge in [0.15, 0.2) is 0 Å². The van der Waals surface area contributed by atoms with Crippen LogP contribution in [0.15, 0.2) is 22.3 Å². The molecule has 1 saturated carbocycles. The molecule has 3 nitrogen and oxygen atoms in total. The zero-order valence-corrected chi connectivity index (χ0v) is 13.7. The van der Waals surface area contributed by atoms with Crippen LogP contribution in [0.1, 0.15) is 27.2 Å². The van der Waals surface area contributed by atoms with Gasteiger partial charge >= 0.3 is 0 Å². The van der Waals surface area contributed by atoms with E-state index in [1.807, 2.05) is 17.1 Å². The normalized spacial score (nSPS) is 35.4. The highest BCUT2D eigenvalue weighted by Gasteiger charge is 2.57. The third kappa shape index (κ3) is 2.51. The first-order chi connectivity index (χ1) is 8.92. The minimum atomic E-state index is -0.171. The Morgan fingerprint density at radius 3 is 2.47 bits per heavy atom. The van der Waals surface area contributed by atoms with Crippen molar-refractivity contribution in [3.8, 4) is 0 Å². The second-order valence-electron chi connectivity index (χ2n) is 6.05. The highest BCUT2D eigenvalue weighted by Crippen LogP contribution is 2.52. The number of nitrogens with one attached hydrogen (secondary N) is 1. The second kappa shape index (κ2) is 5.38. The fourth-order valence-corrected chi connectivity index (χ4v) is 4.52. The SMILES string of the molecule is C/C=C/C1CC(C(C)(C)/C=C/I)C2C(=O)NC(=O)C12. The van der Waals surface area contributed by atoms with Crippen LogP contribution in [0.4, 0.5) is 0 Å². The summed E-state index contributed by atoms with van der Waals surface area (Å²) in [5.74, 6) is -0.104. The smallest absolute Gasteiger partial charge is 0.231 e. The zero-order valence-electron chi connectivity index (χ0n) is 11.5. The van der Waals surface area contributed by atoms with Crippen molar-refractivity contribution in [1.82, 2.24) is 5.32 Å². The lowest BCUT2D eigenvalue weighted by Crippen LogP contribution is -2.32. The van der Waals surface area contributed by atoms with Crippen LogP contribution in [-0.4, -0.2) is 11.8 Å². The Kier molecular flexibility index (Phi) is 4.18. The molecule has 2 aliphatic rings. The molecular weight excluding hydrogens is 353 g/mol. The predicted octanol–water partition coefficient (Wildman–Crippen LogP) is 3.06. The number of imide groups is 1. The summed E-state index contributed by atoms with van der Waals surface area (Å²) in [7, 11) is 0. The minimum absolute atomic E-state index is 0.0671. The van der Waals surface area contributed by atoms with E-state index in [0.29, 0.717) is 0 Å². The molecule has 1 N–H and O–H groups in total. The molecule has 4 heteroatoms. The summed E-state index contributed by atoms with van der Waals surface area (Å²) in [6, 6.07) is 0. The number of rotatable bonds is 3. The molecule has 1 heterocycles. The van der Waals surface area contributed by atoms with Gasteiger partial charge in [0, 0.05) is 0 Å². The third-order valence-corrected chi connectivity index (χ3v) is 4.91. The fourth-order valence-electron chi connectivity index (χ4n) is 3.59. The quantitative estimate of drug-likeness (QED) is 0.470. The second-order valence-corrected chi connectivity index (χ2v) is 6.77. The highest BCUT2D eigenvalue weighted by molar-refractivity contribution is 14.1. The van der Waals surface area contributed by atoms with E-state index in [1.165, 1.54) is 0 Å². The van der Waals surface area contributed by atoms with Crippen molar-refractivity contribution in [2.24, 2.45) is 29.1 Å². The summed E-state index contributed by atoms with van der Waals surface area (Å²) < 4.78 is 2.00. The average Bonchev–Trinajstić information content (AvgIpc) is 2.81. The van der Waals surface area contributed by atoms with E-state index >= 15 is 0 Å². The third-order valence-electron chi connectivity index (χ3n) is 4.55. The number of hydrogen-bond acceptors (Lipinski definition) is 2. The highest BCUT2D eigenvalue weighted by atomic mass is 127. The first kappa shape index (κ1) is 14.8. The zero-order chi connectivity index (χ0) is 14.2. The number of halogens is 1. The Labute approximate surface area is 128 Å². The summed E-state index contributed by atoms with van der Waals surface area (Å²) in [4.78, 5) is 24.1. The maximum absolute atomic E-state index is 12.1. The Balaban J connectivity index is 2.37.